The number of aliphatic hydroxyl groups excluding tert-OH is 1. The lowest BCUT2D eigenvalue weighted by molar-refractivity contribution is -0.116. The molecule has 16 heteroatoms. The lowest BCUT2D eigenvalue weighted by Crippen LogP contribution is -2.33. The van der Waals surface area contributed by atoms with Crippen LogP contribution in [0.15, 0.2) is 28.4 Å². The van der Waals surface area contributed by atoms with Gasteiger partial charge in [0.1, 0.15) is 17.9 Å². The SMILES string of the molecule is C=CC(=O)NCC#Cc1cn([C@H]2C[C@H](O)C(COP(=O)(O)O[P+](=O)O)O2)c(=O)[nH]c1=O. The third-order valence-electron chi connectivity index (χ3n) is 3.82. The topological polar surface area (TPSA) is 206 Å². The monoisotopic (exact) mass is 478 g/mol. The number of amides is 1. The summed E-state index contributed by atoms with van der Waals surface area (Å²) in [6.07, 6.45) is -1.51. The van der Waals surface area contributed by atoms with Crippen LogP contribution >= 0.6 is 16.1 Å². The molecular weight excluding hydrogens is 460 g/mol. The third-order valence-corrected chi connectivity index (χ3v) is 5.68. The van der Waals surface area contributed by atoms with Crippen molar-refractivity contribution in [3.05, 3.63) is 45.3 Å². The van der Waals surface area contributed by atoms with E-state index in [4.69, 9.17) is 9.63 Å². The summed E-state index contributed by atoms with van der Waals surface area (Å²) in [6.45, 7) is 2.50. The molecule has 168 valence electrons. The Balaban J connectivity index is 2.11. The van der Waals surface area contributed by atoms with E-state index in [1.54, 1.807) is 0 Å². The minimum atomic E-state index is -4.86. The zero-order valence-electron chi connectivity index (χ0n) is 15.7. The maximum Gasteiger partial charge on any atom is 0.705 e. The summed E-state index contributed by atoms with van der Waals surface area (Å²) >= 11 is 0. The van der Waals surface area contributed by atoms with Gasteiger partial charge in [0.2, 0.25) is 5.91 Å². The second-order valence-corrected chi connectivity index (χ2v) is 8.27. The predicted octanol–water partition coefficient (Wildman–Crippen LogP) is -1.38. The fourth-order valence-corrected chi connectivity index (χ4v) is 3.68. The normalized spacial score (nSPS) is 22.7. The van der Waals surface area contributed by atoms with Gasteiger partial charge in [0, 0.05) is 17.2 Å². The Morgan fingerprint density at radius 1 is 1.55 bits per heavy atom. The zero-order valence-corrected chi connectivity index (χ0v) is 17.5. The molecule has 1 saturated heterocycles. The van der Waals surface area contributed by atoms with Crippen molar-refractivity contribution in [3.8, 4) is 11.8 Å². The Bertz CT molecular complexity index is 1090. The Morgan fingerprint density at radius 3 is 2.90 bits per heavy atom. The number of aromatic amines is 1. The van der Waals surface area contributed by atoms with Crippen molar-refractivity contribution in [2.45, 2.75) is 24.9 Å². The van der Waals surface area contributed by atoms with E-state index in [2.05, 4.69) is 32.6 Å². The van der Waals surface area contributed by atoms with Crippen LogP contribution in [-0.2, 0) is 27.5 Å². The van der Waals surface area contributed by atoms with Crippen LogP contribution in [0.25, 0.3) is 0 Å². The molecule has 0 aliphatic carbocycles. The number of phosphoric acid groups is 1. The highest BCUT2D eigenvalue weighted by Crippen LogP contribution is 2.51. The molecule has 1 amide bonds. The van der Waals surface area contributed by atoms with Crippen LogP contribution in [0.2, 0.25) is 0 Å². The quantitative estimate of drug-likeness (QED) is 0.167. The molecule has 1 fully saturated rings. The number of carbonyl (C=O) groups is 1. The molecule has 2 rings (SSSR count). The number of aliphatic hydroxyl groups is 1. The van der Waals surface area contributed by atoms with Gasteiger partial charge >= 0.3 is 21.8 Å². The van der Waals surface area contributed by atoms with Gasteiger partial charge in [0.25, 0.3) is 5.56 Å². The molecule has 1 aromatic rings. The first-order valence-corrected chi connectivity index (χ1v) is 11.1. The Kier molecular flexibility index (Phi) is 8.58. The highest BCUT2D eigenvalue weighted by Gasteiger charge is 2.40. The van der Waals surface area contributed by atoms with Crippen molar-refractivity contribution in [3.63, 3.8) is 0 Å². The molecule has 5 atom stereocenters. The Labute approximate surface area is 175 Å². The number of hydrogen-bond acceptors (Lipinski definition) is 9. The number of H-pyrrole nitrogens is 1. The first kappa shape index (κ1) is 24.8. The van der Waals surface area contributed by atoms with Crippen LogP contribution in [0, 0.1) is 11.8 Å². The van der Waals surface area contributed by atoms with Gasteiger partial charge in [0.15, 0.2) is 0 Å². The maximum absolute atomic E-state index is 12.1. The van der Waals surface area contributed by atoms with Gasteiger partial charge in [-0.15, -0.1) is 4.89 Å². The van der Waals surface area contributed by atoms with Crippen molar-refractivity contribution in [2.24, 2.45) is 0 Å². The smallest absolute Gasteiger partial charge is 0.390 e. The minimum Gasteiger partial charge on any atom is -0.390 e. The third kappa shape index (κ3) is 7.32. The Morgan fingerprint density at radius 2 is 2.26 bits per heavy atom. The molecule has 0 aromatic carbocycles. The first-order valence-electron chi connectivity index (χ1n) is 8.43. The molecular formula is C15H18N3O11P2+. The van der Waals surface area contributed by atoms with Crippen molar-refractivity contribution >= 4 is 22.0 Å². The molecule has 0 bridgehead atoms. The summed E-state index contributed by atoms with van der Waals surface area (Å²) in [5.74, 6) is 4.55. The molecule has 14 nitrogen and oxygen atoms in total. The Hall–Kier alpha value is -2.46. The van der Waals surface area contributed by atoms with E-state index in [-0.39, 0.29) is 18.5 Å². The van der Waals surface area contributed by atoms with Crippen LogP contribution in [0.1, 0.15) is 18.2 Å². The molecule has 31 heavy (non-hydrogen) atoms. The summed E-state index contributed by atoms with van der Waals surface area (Å²) in [6, 6.07) is 0. The molecule has 3 unspecified atom stereocenters. The molecule has 0 radical (unpaired) electrons. The average molecular weight is 478 g/mol. The first-order chi connectivity index (χ1) is 14.5. The van der Waals surface area contributed by atoms with Gasteiger partial charge in [-0.3, -0.25) is 28.6 Å². The molecule has 2 heterocycles. The number of carbonyl (C=O) groups excluding carboxylic acids is 1. The molecule has 0 saturated carbocycles. The standard InChI is InChI=1S/C15H17N3O11P2/c1-2-12(20)16-5-3-4-9-7-18(15(22)17-14(9)21)13-6-10(19)11(28-13)8-27-31(25,26)29-30(23)24/h2,7,10-11,13,19H,1,5-6,8H2,(H3-,16,17,20,21,22,23,24,25,26)/p+1/t10-,11?,13+/m0/s1. The largest absolute Gasteiger partial charge is 0.705 e. The van der Waals surface area contributed by atoms with Gasteiger partial charge in [-0.05, 0) is 10.4 Å². The molecule has 0 spiro atoms. The fraction of sp³-hybridized carbons (Fsp3) is 0.400. The lowest BCUT2D eigenvalue weighted by atomic mass is 10.2. The van der Waals surface area contributed by atoms with E-state index in [1.807, 2.05) is 4.98 Å². The number of phosphoric ester groups is 1. The van der Waals surface area contributed by atoms with Crippen molar-refractivity contribution in [2.75, 3.05) is 13.2 Å². The minimum absolute atomic E-state index is 0.0792. The molecule has 1 aliphatic heterocycles. The van der Waals surface area contributed by atoms with E-state index < -0.39 is 58.3 Å². The highest BCUT2D eigenvalue weighted by atomic mass is 31.2. The predicted molar refractivity (Wildman–Crippen MR) is 103 cm³/mol. The molecule has 1 aromatic heterocycles. The van der Waals surface area contributed by atoms with Crippen LogP contribution in [0.4, 0.5) is 0 Å². The number of nitrogens with one attached hydrogen (secondary N) is 2. The summed E-state index contributed by atoms with van der Waals surface area (Å²) in [4.78, 5) is 54.9. The van der Waals surface area contributed by atoms with Crippen molar-refractivity contribution in [1.82, 2.24) is 14.9 Å². The van der Waals surface area contributed by atoms with E-state index in [9.17, 15) is 33.5 Å². The zero-order chi connectivity index (χ0) is 23.2. The summed E-state index contributed by atoms with van der Waals surface area (Å²) in [5.41, 5.74) is -1.76. The average Bonchev–Trinajstić information content (AvgIpc) is 3.04. The highest BCUT2D eigenvalue weighted by molar-refractivity contribution is 7.55. The lowest BCUT2D eigenvalue weighted by Gasteiger charge is -2.16. The van der Waals surface area contributed by atoms with Crippen LogP contribution in [0.3, 0.4) is 0 Å². The fourth-order valence-electron chi connectivity index (χ4n) is 2.45. The second-order valence-electron chi connectivity index (χ2n) is 5.95. The second kappa shape index (κ2) is 10.7. The van der Waals surface area contributed by atoms with E-state index >= 15 is 0 Å². The van der Waals surface area contributed by atoms with Gasteiger partial charge < -0.3 is 15.2 Å². The van der Waals surface area contributed by atoms with Crippen LogP contribution < -0.4 is 16.6 Å². The summed E-state index contributed by atoms with van der Waals surface area (Å²) < 4.78 is 36.7. The number of hydrogen-bond donors (Lipinski definition) is 5. The van der Waals surface area contributed by atoms with Gasteiger partial charge in [0.05, 0.1) is 19.3 Å². The van der Waals surface area contributed by atoms with Gasteiger partial charge in [-0.25, -0.2) is 9.36 Å². The summed E-state index contributed by atoms with van der Waals surface area (Å²) in [5, 5.41) is 12.5. The number of rotatable bonds is 8. The molecule has 5 N–H and O–H groups in total. The summed E-state index contributed by atoms with van der Waals surface area (Å²) in [7, 11) is -8.27. The van der Waals surface area contributed by atoms with Gasteiger partial charge in [-0.2, -0.15) is 0 Å². The van der Waals surface area contributed by atoms with E-state index in [1.165, 1.54) is 0 Å². The van der Waals surface area contributed by atoms with Crippen LogP contribution in [-0.4, -0.2) is 55.7 Å². The van der Waals surface area contributed by atoms with Gasteiger partial charge in [-0.1, -0.05) is 18.4 Å². The van der Waals surface area contributed by atoms with Crippen molar-refractivity contribution < 1.29 is 42.4 Å². The van der Waals surface area contributed by atoms with E-state index in [0.29, 0.717) is 0 Å². The molecule has 1 aliphatic rings. The van der Waals surface area contributed by atoms with Crippen LogP contribution in [0.5, 0.6) is 0 Å². The number of nitrogens with zero attached hydrogens (tertiary/aromatic N) is 1. The number of ether oxygens (including phenoxy) is 1. The number of aromatic nitrogens is 2. The van der Waals surface area contributed by atoms with E-state index in [0.717, 1.165) is 16.8 Å². The van der Waals surface area contributed by atoms with Crippen molar-refractivity contribution in [1.29, 1.82) is 0 Å². The maximum atomic E-state index is 12.1.